The highest BCUT2D eigenvalue weighted by atomic mass is 35.5. The number of thiophene rings is 1. The van der Waals surface area contributed by atoms with Crippen LogP contribution in [-0.4, -0.2) is 35.4 Å². The summed E-state index contributed by atoms with van der Waals surface area (Å²) in [5, 5.41) is 3.40. The van der Waals surface area contributed by atoms with Crippen molar-refractivity contribution < 1.29 is 4.79 Å². The average Bonchev–Trinajstić information content (AvgIpc) is 3.06. The third-order valence-corrected chi connectivity index (χ3v) is 6.01. The summed E-state index contributed by atoms with van der Waals surface area (Å²) in [6.45, 7) is 2.40. The number of aromatic nitrogens is 1. The molecule has 128 valence electrons. The van der Waals surface area contributed by atoms with E-state index in [9.17, 15) is 4.79 Å². The third-order valence-electron chi connectivity index (χ3n) is 4.78. The van der Waals surface area contributed by atoms with E-state index in [1.807, 2.05) is 17.2 Å². The molecule has 1 N–H and O–H groups in total. The number of piperazine rings is 1. The van der Waals surface area contributed by atoms with Crippen LogP contribution < -0.4 is 5.32 Å². The highest BCUT2D eigenvalue weighted by Gasteiger charge is 2.30. The summed E-state index contributed by atoms with van der Waals surface area (Å²) in [6, 6.07) is 6.22. The molecule has 0 spiro atoms. The first-order valence-electron chi connectivity index (χ1n) is 8.36. The van der Waals surface area contributed by atoms with Gasteiger partial charge in [0.1, 0.15) is 0 Å². The summed E-state index contributed by atoms with van der Waals surface area (Å²) >= 11 is 1.71. The first-order valence-corrected chi connectivity index (χ1v) is 9.18. The van der Waals surface area contributed by atoms with Gasteiger partial charge < -0.3 is 10.2 Å². The van der Waals surface area contributed by atoms with Gasteiger partial charge in [-0.15, -0.1) is 23.7 Å². The van der Waals surface area contributed by atoms with E-state index in [1.165, 1.54) is 23.3 Å². The fourth-order valence-corrected chi connectivity index (χ4v) is 4.77. The minimum atomic E-state index is 0. The van der Waals surface area contributed by atoms with Crippen LogP contribution in [0.5, 0.6) is 0 Å². The second-order valence-corrected chi connectivity index (χ2v) is 7.41. The third kappa shape index (κ3) is 3.34. The monoisotopic (exact) mass is 363 g/mol. The van der Waals surface area contributed by atoms with E-state index in [0.29, 0.717) is 0 Å². The maximum atomic E-state index is 13.1. The molecule has 6 heteroatoms. The number of fused-ring (bicyclic) bond motifs is 1. The number of aryl methyl sites for hydroxylation is 2. The molecule has 2 aliphatic rings. The van der Waals surface area contributed by atoms with Crippen LogP contribution in [0.4, 0.5) is 0 Å². The molecule has 2 aromatic heterocycles. The number of pyridine rings is 1. The summed E-state index contributed by atoms with van der Waals surface area (Å²) < 4.78 is 0. The van der Waals surface area contributed by atoms with Gasteiger partial charge in [0.05, 0.1) is 10.9 Å². The Morgan fingerprint density at radius 2 is 2.21 bits per heavy atom. The van der Waals surface area contributed by atoms with Crippen LogP contribution in [0, 0.1) is 0 Å². The maximum absolute atomic E-state index is 13.1. The molecule has 0 saturated carbocycles. The number of amides is 1. The number of halogens is 1. The topological polar surface area (TPSA) is 45.2 Å². The Bertz CT molecular complexity index is 680. The molecule has 0 radical (unpaired) electrons. The molecule has 2 aromatic rings. The Morgan fingerprint density at radius 1 is 1.33 bits per heavy atom. The van der Waals surface area contributed by atoms with Crippen LogP contribution in [-0.2, 0) is 12.8 Å². The molecule has 24 heavy (non-hydrogen) atoms. The molecule has 1 saturated heterocycles. The number of hydrogen-bond acceptors (Lipinski definition) is 4. The van der Waals surface area contributed by atoms with E-state index < -0.39 is 0 Å². The Morgan fingerprint density at radius 3 is 3.00 bits per heavy atom. The average molecular weight is 364 g/mol. The minimum Gasteiger partial charge on any atom is -0.328 e. The lowest BCUT2D eigenvalue weighted by atomic mass is 9.99. The fraction of sp³-hybridized carbons (Fsp3) is 0.444. The van der Waals surface area contributed by atoms with Crippen molar-refractivity contribution in [1.82, 2.24) is 15.2 Å². The fourth-order valence-electron chi connectivity index (χ4n) is 3.56. The Balaban J connectivity index is 0.00000169. The Hall–Kier alpha value is -1.43. The molecule has 1 aliphatic heterocycles. The quantitative estimate of drug-likeness (QED) is 0.891. The molecule has 4 rings (SSSR count). The van der Waals surface area contributed by atoms with Crippen LogP contribution in [0.2, 0.25) is 0 Å². The second-order valence-electron chi connectivity index (χ2n) is 6.27. The van der Waals surface area contributed by atoms with E-state index >= 15 is 0 Å². The van der Waals surface area contributed by atoms with Crippen LogP contribution in [0.1, 0.15) is 44.6 Å². The highest BCUT2D eigenvalue weighted by molar-refractivity contribution is 7.14. The predicted molar refractivity (Wildman–Crippen MR) is 99.1 cm³/mol. The molecule has 0 aromatic carbocycles. The maximum Gasteiger partial charge on any atom is 0.264 e. The zero-order chi connectivity index (χ0) is 15.6. The summed E-state index contributed by atoms with van der Waals surface area (Å²) in [5.41, 5.74) is 2.51. The number of carbonyl (C=O) groups excluding carboxylic acids is 1. The van der Waals surface area contributed by atoms with Crippen molar-refractivity contribution >= 4 is 29.7 Å². The largest absolute Gasteiger partial charge is 0.328 e. The van der Waals surface area contributed by atoms with E-state index in [0.717, 1.165) is 42.9 Å². The van der Waals surface area contributed by atoms with E-state index in [-0.39, 0.29) is 24.4 Å². The first kappa shape index (κ1) is 17.4. The van der Waals surface area contributed by atoms with Gasteiger partial charge in [0.2, 0.25) is 0 Å². The number of hydrogen-bond donors (Lipinski definition) is 1. The van der Waals surface area contributed by atoms with E-state index in [2.05, 4.69) is 22.4 Å². The standard InChI is InChI=1S/C18H21N3OS.ClH/c22-18(17-10-13-4-1-2-6-16(13)23-17)21-9-8-20-12-15(21)14-5-3-7-19-11-14;/h3,5,7,10-11,15,20H,1-2,4,6,8-9,12H2;1H. The molecule has 1 fully saturated rings. The van der Waals surface area contributed by atoms with Gasteiger partial charge in [-0.25, -0.2) is 0 Å². The van der Waals surface area contributed by atoms with Crippen molar-refractivity contribution in [3.8, 4) is 0 Å². The van der Waals surface area contributed by atoms with Crippen molar-refractivity contribution in [3.05, 3.63) is 51.5 Å². The van der Waals surface area contributed by atoms with Crippen molar-refractivity contribution in [3.63, 3.8) is 0 Å². The SMILES string of the molecule is Cl.O=C(c1cc2c(s1)CCCC2)N1CCNCC1c1cccnc1. The van der Waals surface area contributed by atoms with Gasteiger partial charge in [0, 0.05) is 36.9 Å². The van der Waals surface area contributed by atoms with Crippen LogP contribution >= 0.6 is 23.7 Å². The first-order chi connectivity index (χ1) is 11.3. The lowest BCUT2D eigenvalue weighted by Crippen LogP contribution is -2.48. The van der Waals surface area contributed by atoms with Crippen molar-refractivity contribution in [2.24, 2.45) is 0 Å². The normalized spacial score (nSPS) is 20.2. The molecule has 3 heterocycles. The summed E-state index contributed by atoms with van der Waals surface area (Å²) in [6.07, 6.45) is 8.43. The lowest BCUT2D eigenvalue weighted by molar-refractivity contribution is 0.0639. The molecule has 1 aliphatic carbocycles. The van der Waals surface area contributed by atoms with E-state index in [4.69, 9.17) is 0 Å². The zero-order valence-corrected chi connectivity index (χ0v) is 15.2. The van der Waals surface area contributed by atoms with Gasteiger partial charge in [0.25, 0.3) is 5.91 Å². The Kier molecular flexibility index (Phi) is 5.54. The number of nitrogens with one attached hydrogen (secondary N) is 1. The minimum absolute atomic E-state index is 0. The molecule has 4 nitrogen and oxygen atoms in total. The molecule has 1 unspecified atom stereocenters. The molecule has 1 amide bonds. The van der Waals surface area contributed by atoms with Gasteiger partial charge in [-0.2, -0.15) is 0 Å². The summed E-state index contributed by atoms with van der Waals surface area (Å²) in [5.74, 6) is 0.180. The van der Waals surface area contributed by atoms with Gasteiger partial charge in [0.15, 0.2) is 0 Å². The number of nitrogens with zero attached hydrogens (tertiary/aromatic N) is 2. The van der Waals surface area contributed by atoms with Crippen molar-refractivity contribution in [2.75, 3.05) is 19.6 Å². The molecule has 1 atom stereocenters. The number of rotatable bonds is 2. The van der Waals surface area contributed by atoms with Crippen LogP contribution in [0.15, 0.2) is 30.6 Å². The Labute approximate surface area is 152 Å². The van der Waals surface area contributed by atoms with E-state index in [1.54, 1.807) is 17.5 Å². The summed E-state index contributed by atoms with van der Waals surface area (Å²) in [4.78, 5) is 21.7. The van der Waals surface area contributed by atoms with Crippen molar-refractivity contribution in [1.29, 1.82) is 0 Å². The van der Waals surface area contributed by atoms with Gasteiger partial charge in [-0.3, -0.25) is 9.78 Å². The zero-order valence-electron chi connectivity index (χ0n) is 13.5. The smallest absolute Gasteiger partial charge is 0.264 e. The molecular weight excluding hydrogens is 342 g/mol. The van der Waals surface area contributed by atoms with Gasteiger partial charge >= 0.3 is 0 Å². The highest BCUT2D eigenvalue weighted by Crippen LogP contribution is 2.32. The van der Waals surface area contributed by atoms with Crippen molar-refractivity contribution in [2.45, 2.75) is 31.7 Å². The molecular formula is C18H22ClN3OS. The predicted octanol–water partition coefficient (Wildman–Crippen LogP) is 3.23. The summed E-state index contributed by atoms with van der Waals surface area (Å²) in [7, 11) is 0. The second kappa shape index (κ2) is 7.64. The number of carbonyl (C=O) groups is 1. The van der Waals surface area contributed by atoms with Crippen LogP contribution in [0.3, 0.4) is 0 Å². The van der Waals surface area contributed by atoms with Gasteiger partial charge in [-0.1, -0.05) is 6.07 Å². The molecule has 0 bridgehead atoms. The lowest BCUT2D eigenvalue weighted by Gasteiger charge is -2.36. The van der Waals surface area contributed by atoms with Crippen LogP contribution in [0.25, 0.3) is 0 Å². The van der Waals surface area contributed by atoms with Gasteiger partial charge in [-0.05, 0) is 48.9 Å².